The fourth-order valence-corrected chi connectivity index (χ4v) is 3.73. The number of halogens is 3. The molecule has 10 nitrogen and oxygen atoms in total. The molecule has 0 aromatic carbocycles. The Morgan fingerprint density at radius 3 is 2.87 bits per heavy atom. The second-order valence-corrected chi connectivity index (χ2v) is 7.17. The van der Waals surface area contributed by atoms with Crippen LogP contribution in [0.5, 0.6) is 0 Å². The molecule has 0 aliphatic carbocycles. The maximum absolute atomic E-state index is 13.2. The van der Waals surface area contributed by atoms with E-state index in [-0.39, 0.29) is 42.1 Å². The fourth-order valence-electron chi connectivity index (χ4n) is 3.73. The molecule has 1 aliphatic heterocycles. The monoisotopic (exact) mass is 432 g/mol. The van der Waals surface area contributed by atoms with Gasteiger partial charge in [-0.1, -0.05) is 0 Å². The van der Waals surface area contributed by atoms with E-state index in [2.05, 4.69) is 25.4 Å². The van der Waals surface area contributed by atoms with Crippen molar-refractivity contribution in [2.75, 3.05) is 6.54 Å². The van der Waals surface area contributed by atoms with E-state index < -0.39 is 17.8 Å². The molecule has 0 radical (unpaired) electrons. The highest BCUT2D eigenvalue weighted by Crippen LogP contribution is 2.34. The lowest BCUT2D eigenvalue weighted by Crippen LogP contribution is -2.36. The zero-order chi connectivity index (χ0) is 21.9. The molecule has 0 unspecified atom stereocenters. The van der Waals surface area contributed by atoms with E-state index in [4.69, 9.17) is 0 Å². The number of aromatic amines is 2. The number of hydrogen-bond donors (Lipinski definition) is 2. The SMILES string of the molecule is Cc1c(C(=O)N2CCc3[nH]nc(C(F)(F)F)c3C2)cnn1-c1nn2cccc2c(=O)[nH]1. The molecule has 5 rings (SSSR count). The maximum Gasteiger partial charge on any atom is 0.435 e. The van der Waals surface area contributed by atoms with Crippen molar-refractivity contribution in [2.45, 2.75) is 26.1 Å². The van der Waals surface area contributed by atoms with Crippen LogP contribution < -0.4 is 5.56 Å². The minimum atomic E-state index is -4.61. The number of amides is 1. The van der Waals surface area contributed by atoms with Crippen molar-refractivity contribution in [1.29, 1.82) is 0 Å². The molecule has 4 aromatic heterocycles. The summed E-state index contributed by atoms with van der Waals surface area (Å²) in [5, 5.41) is 14.2. The summed E-state index contributed by atoms with van der Waals surface area (Å²) in [7, 11) is 0. The van der Waals surface area contributed by atoms with Gasteiger partial charge in [0.25, 0.3) is 11.5 Å². The summed E-state index contributed by atoms with van der Waals surface area (Å²) in [6.07, 6.45) is -1.46. The van der Waals surface area contributed by atoms with Crippen molar-refractivity contribution in [3.05, 3.63) is 63.1 Å². The number of alkyl halides is 3. The third-order valence-electron chi connectivity index (χ3n) is 5.32. The fraction of sp³-hybridized carbons (Fsp3) is 0.278. The lowest BCUT2D eigenvalue weighted by Gasteiger charge is -2.27. The first-order valence-electron chi connectivity index (χ1n) is 9.29. The topological polar surface area (TPSA) is 117 Å². The first-order valence-corrected chi connectivity index (χ1v) is 9.29. The van der Waals surface area contributed by atoms with E-state index in [0.717, 1.165) is 0 Å². The van der Waals surface area contributed by atoms with Crippen molar-refractivity contribution in [3.8, 4) is 5.95 Å². The van der Waals surface area contributed by atoms with Crippen LogP contribution in [-0.4, -0.2) is 51.9 Å². The summed E-state index contributed by atoms with van der Waals surface area (Å²) in [5.41, 5.74) is -0.0685. The lowest BCUT2D eigenvalue weighted by molar-refractivity contribution is -0.142. The predicted octanol–water partition coefficient (Wildman–Crippen LogP) is 1.46. The quantitative estimate of drug-likeness (QED) is 0.497. The molecule has 0 atom stereocenters. The minimum absolute atomic E-state index is 0.0267. The predicted molar refractivity (Wildman–Crippen MR) is 99.7 cm³/mol. The van der Waals surface area contributed by atoms with Crippen LogP contribution in [-0.2, 0) is 19.1 Å². The summed E-state index contributed by atoms with van der Waals surface area (Å²) in [6.45, 7) is 1.64. The van der Waals surface area contributed by atoms with Crippen molar-refractivity contribution in [3.63, 3.8) is 0 Å². The molecule has 0 bridgehead atoms. The number of carbonyl (C=O) groups excluding carboxylic acids is 1. The summed E-state index contributed by atoms with van der Waals surface area (Å²) in [6, 6.07) is 3.28. The number of aromatic nitrogens is 7. The van der Waals surface area contributed by atoms with Crippen molar-refractivity contribution in [1.82, 2.24) is 39.5 Å². The Balaban J connectivity index is 1.47. The lowest BCUT2D eigenvalue weighted by atomic mass is 10.0. The number of nitrogens with zero attached hydrogens (tertiary/aromatic N) is 6. The molecule has 0 fully saturated rings. The standard InChI is InChI=1S/C18H15F3N8O2/c1-9-10(7-22-29(9)17-23-15(30)13-3-2-5-28(13)26-17)16(31)27-6-4-12-11(8-27)14(25-24-12)18(19,20)21/h2-3,5,7H,4,6,8H2,1H3,(H,24,25)(H,23,26,30). The Hall–Kier alpha value is -3.90. The van der Waals surface area contributed by atoms with Crippen LogP contribution in [0.1, 0.15) is 33.0 Å². The molecule has 2 N–H and O–H groups in total. The highest BCUT2D eigenvalue weighted by molar-refractivity contribution is 5.95. The van der Waals surface area contributed by atoms with Crippen LogP contribution in [0.25, 0.3) is 11.5 Å². The summed E-state index contributed by atoms with van der Waals surface area (Å²) >= 11 is 0. The van der Waals surface area contributed by atoms with E-state index in [0.29, 0.717) is 16.9 Å². The first-order chi connectivity index (χ1) is 14.7. The van der Waals surface area contributed by atoms with Crippen LogP contribution in [0.2, 0.25) is 0 Å². The van der Waals surface area contributed by atoms with E-state index >= 15 is 0 Å². The normalized spacial score (nSPS) is 14.3. The van der Waals surface area contributed by atoms with Gasteiger partial charge in [-0.2, -0.15) is 23.4 Å². The minimum Gasteiger partial charge on any atom is -0.334 e. The first kappa shape index (κ1) is 19.1. The van der Waals surface area contributed by atoms with Gasteiger partial charge in [0.1, 0.15) is 5.52 Å². The van der Waals surface area contributed by atoms with Crippen LogP contribution in [0.3, 0.4) is 0 Å². The number of hydrogen-bond acceptors (Lipinski definition) is 5. The van der Waals surface area contributed by atoms with Crippen molar-refractivity contribution < 1.29 is 18.0 Å². The van der Waals surface area contributed by atoms with Crippen LogP contribution in [0, 0.1) is 6.92 Å². The molecule has 31 heavy (non-hydrogen) atoms. The maximum atomic E-state index is 13.2. The highest BCUT2D eigenvalue weighted by Gasteiger charge is 2.40. The van der Waals surface area contributed by atoms with Gasteiger partial charge in [-0.25, -0.2) is 9.20 Å². The van der Waals surface area contributed by atoms with Crippen LogP contribution >= 0.6 is 0 Å². The molecule has 4 aromatic rings. The highest BCUT2D eigenvalue weighted by atomic mass is 19.4. The molecule has 1 amide bonds. The number of fused-ring (bicyclic) bond motifs is 2. The second-order valence-electron chi connectivity index (χ2n) is 7.17. The zero-order valence-electron chi connectivity index (χ0n) is 16.1. The van der Waals surface area contributed by atoms with Crippen LogP contribution in [0.15, 0.2) is 29.3 Å². The van der Waals surface area contributed by atoms with Gasteiger partial charge in [-0.3, -0.25) is 19.7 Å². The third kappa shape index (κ3) is 3.00. The Morgan fingerprint density at radius 2 is 2.10 bits per heavy atom. The number of nitrogens with one attached hydrogen (secondary N) is 2. The van der Waals surface area contributed by atoms with Gasteiger partial charge in [-0.05, 0) is 19.1 Å². The third-order valence-corrected chi connectivity index (χ3v) is 5.32. The molecule has 13 heteroatoms. The second kappa shape index (κ2) is 6.55. The Kier molecular flexibility index (Phi) is 4.03. The molecular weight excluding hydrogens is 417 g/mol. The summed E-state index contributed by atoms with van der Waals surface area (Å²) in [4.78, 5) is 29.2. The molecule has 160 valence electrons. The molecule has 0 spiro atoms. The van der Waals surface area contributed by atoms with E-state index in [1.54, 1.807) is 25.3 Å². The number of rotatable bonds is 2. The van der Waals surface area contributed by atoms with Gasteiger partial charge < -0.3 is 4.90 Å². The van der Waals surface area contributed by atoms with Crippen molar-refractivity contribution in [2.24, 2.45) is 0 Å². The number of carbonyl (C=O) groups is 1. The smallest absolute Gasteiger partial charge is 0.334 e. The largest absolute Gasteiger partial charge is 0.435 e. The van der Waals surface area contributed by atoms with Gasteiger partial charge in [0.15, 0.2) is 5.69 Å². The Morgan fingerprint density at radius 1 is 1.29 bits per heavy atom. The zero-order valence-corrected chi connectivity index (χ0v) is 16.1. The van der Waals surface area contributed by atoms with Crippen molar-refractivity contribution >= 4 is 11.4 Å². The summed E-state index contributed by atoms with van der Waals surface area (Å²) in [5.74, 6) is -0.353. The van der Waals surface area contributed by atoms with Gasteiger partial charge in [-0.15, -0.1) is 5.10 Å². The Labute approximate surface area is 171 Å². The van der Waals surface area contributed by atoms with Gasteiger partial charge in [0.2, 0.25) is 5.95 Å². The van der Waals surface area contributed by atoms with Gasteiger partial charge in [0.05, 0.1) is 17.5 Å². The van der Waals surface area contributed by atoms with Gasteiger partial charge >= 0.3 is 6.18 Å². The average Bonchev–Trinajstić information content (AvgIpc) is 3.44. The number of H-pyrrole nitrogens is 2. The summed E-state index contributed by atoms with van der Waals surface area (Å²) < 4.78 is 42.3. The molecule has 0 saturated heterocycles. The van der Waals surface area contributed by atoms with E-state index in [1.165, 1.54) is 20.3 Å². The van der Waals surface area contributed by atoms with Gasteiger partial charge in [0, 0.05) is 37.0 Å². The van der Waals surface area contributed by atoms with E-state index in [1.807, 2.05) is 0 Å². The molecule has 1 aliphatic rings. The van der Waals surface area contributed by atoms with Crippen LogP contribution in [0.4, 0.5) is 13.2 Å². The average molecular weight is 432 g/mol. The molecular formula is C18H15F3N8O2. The molecule has 5 heterocycles. The molecule has 0 saturated carbocycles. The Bertz CT molecular complexity index is 1380. The van der Waals surface area contributed by atoms with E-state index in [9.17, 15) is 22.8 Å².